The quantitative estimate of drug-likeness (QED) is 0.731. The van der Waals surface area contributed by atoms with E-state index >= 15 is 0 Å². The molecule has 2 amide bonds. The minimum atomic E-state index is -0.676. The highest BCUT2D eigenvalue weighted by Crippen LogP contribution is 2.32. The molecule has 1 aliphatic heterocycles. The summed E-state index contributed by atoms with van der Waals surface area (Å²) in [5.41, 5.74) is 6.20. The predicted molar refractivity (Wildman–Crippen MR) is 109 cm³/mol. The van der Waals surface area contributed by atoms with E-state index in [-0.39, 0.29) is 29.8 Å². The molecule has 0 spiro atoms. The van der Waals surface area contributed by atoms with E-state index < -0.39 is 17.9 Å². The molecule has 9 nitrogen and oxygen atoms in total. The van der Waals surface area contributed by atoms with Crippen LogP contribution in [0.25, 0.3) is 0 Å². The molecule has 4 rings (SSSR count). The van der Waals surface area contributed by atoms with Gasteiger partial charge in [0.15, 0.2) is 5.82 Å². The SMILES string of the molecule is N#C[C@H]1CN(C(=O)OCC2CC2)CC[C@H]1n1cc(C(N)=O)c(Nc2ccc(F)cc2)n1. The number of halogens is 1. The summed E-state index contributed by atoms with van der Waals surface area (Å²) in [5.74, 6) is -0.892. The lowest BCUT2D eigenvalue weighted by molar-refractivity contribution is 0.0749. The number of amides is 2. The topological polar surface area (TPSA) is 126 Å². The molecule has 3 N–H and O–H groups in total. The molecular weight excluding hydrogens is 403 g/mol. The van der Waals surface area contributed by atoms with Gasteiger partial charge in [-0.2, -0.15) is 10.4 Å². The minimum Gasteiger partial charge on any atom is -0.449 e. The summed E-state index contributed by atoms with van der Waals surface area (Å²) < 4.78 is 20.0. The Bertz CT molecular complexity index is 1010. The number of rotatable bonds is 6. The van der Waals surface area contributed by atoms with E-state index in [4.69, 9.17) is 10.5 Å². The van der Waals surface area contributed by atoms with Gasteiger partial charge in [-0.1, -0.05) is 0 Å². The Morgan fingerprint density at radius 3 is 2.68 bits per heavy atom. The largest absolute Gasteiger partial charge is 0.449 e. The van der Waals surface area contributed by atoms with Gasteiger partial charge in [-0.25, -0.2) is 9.18 Å². The second kappa shape index (κ2) is 8.63. The number of carbonyl (C=O) groups excluding carboxylic acids is 2. The van der Waals surface area contributed by atoms with Crippen LogP contribution in [0.15, 0.2) is 30.5 Å². The number of anilines is 2. The molecule has 2 fully saturated rings. The summed E-state index contributed by atoms with van der Waals surface area (Å²) in [6.07, 6.45) is 3.76. The summed E-state index contributed by atoms with van der Waals surface area (Å²) in [6, 6.07) is 7.51. The number of benzene rings is 1. The number of hydrogen-bond acceptors (Lipinski definition) is 6. The van der Waals surface area contributed by atoms with Crippen molar-refractivity contribution in [1.29, 1.82) is 5.26 Å². The van der Waals surface area contributed by atoms with Gasteiger partial charge >= 0.3 is 6.09 Å². The van der Waals surface area contributed by atoms with E-state index in [1.807, 2.05) is 0 Å². The Morgan fingerprint density at radius 1 is 1.29 bits per heavy atom. The number of ether oxygens (including phenoxy) is 1. The number of carbonyl (C=O) groups is 2. The first-order valence-electron chi connectivity index (χ1n) is 10.2. The number of nitrogens with zero attached hydrogens (tertiary/aromatic N) is 4. The maximum Gasteiger partial charge on any atom is 0.409 e. The van der Waals surface area contributed by atoms with Gasteiger partial charge in [-0.15, -0.1) is 0 Å². The molecule has 1 aromatic carbocycles. The van der Waals surface area contributed by atoms with Gasteiger partial charge in [0, 0.05) is 25.0 Å². The highest BCUT2D eigenvalue weighted by molar-refractivity contribution is 5.98. The summed E-state index contributed by atoms with van der Waals surface area (Å²) >= 11 is 0. The summed E-state index contributed by atoms with van der Waals surface area (Å²) in [7, 11) is 0. The molecule has 2 aromatic rings. The van der Waals surface area contributed by atoms with E-state index in [1.165, 1.54) is 30.5 Å². The van der Waals surface area contributed by atoms with Crippen LogP contribution < -0.4 is 11.1 Å². The lowest BCUT2D eigenvalue weighted by Gasteiger charge is -2.34. The number of piperidine rings is 1. The van der Waals surface area contributed by atoms with E-state index in [2.05, 4.69) is 16.5 Å². The molecule has 0 unspecified atom stereocenters. The fourth-order valence-corrected chi connectivity index (χ4v) is 3.62. The van der Waals surface area contributed by atoms with E-state index in [9.17, 15) is 19.2 Å². The Hall–Kier alpha value is -3.61. The third-order valence-electron chi connectivity index (χ3n) is 5.58. The molecule has 2 atom stereocenters. The highest BCUT2D eigenvalue weighted by atomic mass is 19.1. The predicted octanol–water partition coefficient (Wildman–Crippen LogP) is 2.80. The maximum atomic E-state index is 13.2. The molecule has 31 heavy (non-hydrogen) atoms. The van der Waals surface area contributed by atoms with Crippen molar-refractivity contribution >= 4 is 23.5 Å². The molecule has 0 radical (unpaired) electrons. The smallest absolute Gasteiger partial charge is 0.409 e. The zero-order valence-electron chi connectivity index (χ0n) is 16.8. The molecule has 2 aliphatic rings. The van der Waals surface area contributed by atoms with E-state index in [0.717, 1.165) is 12.8 Å². The Morgan fingerprint density at radius 2 is 2.03 bits per heavy atom. The molecule has 0 bridgehead atoms. The van der Waals surface area contributed by atoms with Gasteiger partial charge in [0.25, 0.3) is 5.91 Å². The number of likely N-dealkylation sites (tertiary alicyclic amines) is 1. The summed E-state index contributed by atoms with van der Waals surface area (Å²) in [6.45, 7) is 1.06. The third-order valence-corrected chi connectivity index (χ3v) is 5.58. The average molecular weight is 426 g/mol. The lowest BCUT2D eigenvalue weighted by atomic mass is 9.94. The maximum absolute atomic E-state index is 13.2. The van der Waals surface area contributed by atoms with Crippen molar-refractivity contribution in [3.63, 3.8) is 0 Å². The number of nitriles is 1. The third kappa shape index (κ3) is 4.77. The zero-order chi connectivity index (χ0) is 22.0. The highest BCUT2D eigenvalue weighted by Gasteiger charge is 2.35. The first-order valence-corrected chi connectivity index (χ1v) is 10.2. The number of aromatic nitrogens is 2. The second-order valence-corrected chi connectivity index (χ2v) is 7.93. The van der Waals surface area contributed by atoms with Crippen LogP contribution in [0, 0.1) is 29.0 Å². The van der Waals surface area contributed by atoms with Crippen molar-refractivity contribution in [2.45, 2.75) is 25.3 Å². The van der Waals surface area contributed by atoms with Crippen LogP contribution in [0.1, 0.15) is 35.7 Å². The van der Waals surface area contributed by atoms with Crippen molar-refractivity contribution in [3.05, 3.63) is 41.8 Å². The molecule has 10 heteroatoms. The van der Waals surface area contributed by atoms with Crippen molar-refractivity contribution < 1.29 is 18.7 Å². The first-order chi connectivity index (χ1) is 14.9. The normalized spacial score (nSPS) is 20.7. The molecule has 1 aromatic heterocycles. The van der Waals surface area contributed by atoms with Crippen LogP contribution in [-0.2, 0) is 4.74 Å². The lowest BCUT2D eigenvalue weighted by Crippen LogP contribution is -2.44. The Kier molecular flexibility index (Phi) is 5.75. The molecule has 162 valence electrons. The van der Waals surface area contributed by atoms with Gasteiger partial charge in [0.05, 0.1) is 24.6 Å². The summed E-state index contributed by atoms with van der Waals surface area (Å²) in [5, 5.41) is 17.1. The van der Waals surface area contributed by atoms with Crippen LogP contribution in [0.3, 0.4) is 0 Å². The van der Waals surface area contributed by atoms with E-state index in [0.29, 0.717) is 31.2 Å². The number of nitrogens with one attached hydrogen (secondary N) is 1. The van der Waals surface area contributed by atoms with Crippen molar-refractivity contribution in [2.24, 2.45) is 17.6 Å². The number of primary amides is 1. The van der Waals surface area contributed by atoms with Crippen molar-refractivity contribution in [2.75, 3.05) is 25.0 Å². The minimum absolute atomic E-state index is 0.160. The first kappa shape index (κ1) is 20.7. The van der Waals surface area contributed by atoms with Gasteiger partial charge in [0.2, 0.25) is 0 Å². The van der Waals surface area contributed by atoms with Crippen LogP contribution in [0.2, 0.25) is 0 Å². The zero-order valence-corrected chi connectivity index (χ0v) is 16.8. The average Bonchev–Trinajstić information content (AvgIpc) is 3.51. The monoisotopic (exact) mass is 426 g/mol. The van der Waals surface area contributed by atoms with Gasteiger partial charge < -0.3 is 20.7 Å². The van der Waals surface area contributed by atoms with Gasteiger partial charge in [0.1, 0.15) is 11.4 Å². The van der Waals surface area contributed by atoms with E-state index in [1.54, 1.807) is 9.58 Å². The summed E-state index contributed by atoms with van der Waals surface area (Å²) in [4.78, 5) is 25.7. The van der Waals surface area contributed by atoms with Crippen molar-refractivity contribution in [3.8, 4) is 6.07 Å². The fourth-order valence-electron chi connectivity index (χ4n) is 3.62. The molecule has 1 saturated carbocycles. The Balaban J connectivity index is 1.49. The Labute approximate surface area is 178 Å². The van der Waals surface area contributed by atoms with Gasteiger partial charge in [-0.05, 0) is 49.4 Å². The standard InChI is InChI=1S/C21H23FN6O3/c22-15-3-5-16(6-4-15)25-20-17(19(24)29)11-28(26-20)18-7-8-27(10-14(18)9-23)21(30)31-12-13-1-2-13/h3-6,11,13-14,18H,1-2,7-8,10,12H2,(H2,24,29)(H,25,26)/t14-,18+/m0/s1. The van der Waals surface area contributed by atoms with Crippen molar-refractivity contribution in [1.82, 2.24) is 14.7 Å². The second-order valence-electron chi connectivity index (χ2n) is 7.93. The molecule has 1 saturated heterocycles. The number of hydrogen-bond donors (Lipinski definition) is 2. The van der Waals surface area contributed by atoms with Crippen LogP contribution in [-0.4, -0.2) is 46.4 Å². The molecule has 2 heterocycles. The number of nitrogens with two attached hydrogens (primary N) is 1. The molecular formula is C21H23FN6O3. The van der Waals surface area contributed by atoms with Crippen LogP contribution >= 0.6 is 0 Å². The van der Waals surface area contributed by atoms with Crippen LogP contribution in [0.5, 0.6) is 0 Å². The van der Waals surface area contributed by atoms with Gasteiger partial charge in [-0.3, -0.25) is 9.48 Å². The molecule has 1 aliphatic carbocycles. The fraction of sp³-hybridized carbons (Fsp3) is 0.429. The van der Waals surface area contributed by atoms with Crippen LogP contribution in [0.4, 0.5) is 20.7 Å².